The second kappa shape index (κ2) is 9.52. The molecular formula is C19H20N4O3S2. The lowest BCUT2D eigenvalue weighted by molar-refractivity contribution is -0.118. The Bertz CT molecular complexity index is 937. The van der Waals surface area contributed by atoms with Gasteiger partial charge in [0.1, 0.15) is 5.82 Å². The molecule has 0 fully saturated rings. The van der Waals surface area contributed by atoms with Gasteiger partial charge in [-0.15, -0.1) is 21.5 Å². The van der Waals surface area contributed by atoms with Gasteiger partial charge >= 0.3 is 5.97 Å². The fourth-order valence-electron chi connectivity index (χ4n) is 2.45. The summed E-state index contributed by atoms with van der Waals surface area (Å²) in [6.07, 6.45) is 0.732. The normalized spacial score (nSPS) is 10.6. The third-order valence-corrected chi connectivity index (χ3v) is 5.93. The van der Waals surface area contributed by atoms with E-state index in [1.165, 1.54) is 23.7 Å². The first-order valence-electron chi connectivity index (χ1n) is 8.54. The molecular weight excluding hydrogens is 396 g/mol. The molecule has 0 bridgehead atoms. The minimum atomic E-state index is -0.380. The van der Waals surface area contributed by atoms with Gasteiger partial charge in [0.05, 0.1) is 18.4 Å². The topological polar surface area (TPSA) is 86.1 Å². The average Bonchev–Trinajstić information content (AvgIpc) is 3.35. The van der Waals surface area contributed by atoms with Crippen LogP contribution in [0.2, 0.25) is 0 Å². The lowest BCUT2D eigenvalue weighted by Crippen LogP contribution is -2.24. The highest BCUT2D eigenvalue weighted by Gasteiger charge is 2.12. The van der Waals surface area contributed by atoms with Gasteiger partial charge in [-0.05, 0) is 29.1 Å². The number of carbonyl (C=O) groups is 2. The van der Waals surface area contributed by atoms with Gasteiger partial charge in [0, 0.05) is 24.9 Å². The van der Waals surface area contributed by atoms with E-state index in [0.29, 0.717) is 17.3 Å². The summed E-state index contributed by atoms with van der Waals surface area (Å²) in [5, 5.41) is 14.0. The first-order chi connectivity index (χ1) is 13.6. The quantitative estimate of drug-likeness (QED) is 0.449. The summed E-state index contributed by atoms with van der Waals surface area (Å²) in [4.78, 5) is 24.8. The molecule has 1 N–H and O–H groups in total. The molecule has 1 aromatic carbocycles. The minimum absolute atomic E-state index is 0.0927. The van der Waals surface area contributed by atoms with E-state index >= 15 is 0 Å². The van der Waals surface area contributed by atoms with Gasteiger partial charge in [-0.25, -0.2) is 4.79 Å². The lowest BCUT2D eigenvalue weighted by atomic mass is 10.1. The summed E-state index contributed by atoms with van der Waals surface area (Å²) in [5.74, 6) is 0.653. The van der Waals surface area contributed by atoms with Crippen LogP contribution in [-0.4, -0.2) is 39.5 Å². The molecule has 0 saturated heterocycles. The summed E-state index contributed by atoms with van der Waals surface area (Å²) in [5.41, 5.74) is 1.39. The number of esters is 1. The highest BCUT2D eigenvalue weighted by molar-refractivity contribution is 7.99. The molecule has 0 saturated carbocycles. The van der Waals surface area contributed by atoms with E-state index in [1.807, 2.05) is 23.1 Å². The van der Waals surface area contributed by atoms with E-state index in [0.717, 1.165) is 17.8 Å². The summed E-state index contributed by atoms with van der Waals surface area (Å²) in [7, 11) is 3.25. The van der Waals surface area contributed by atoms with Crippen molar-refractivity contribution in [2.24, 2.45) is 7.05 Å². The van der Waals surface area contributed by atoms with Gasteiger partial charge in [-0.3, -0.25) is 4.79 Å². The van der Waals surface area contributed by atoms with Crippen molar-refractivity contribution in [1.82, 2.24) is 20.1 Å². The lowest BCUT2D eigenvalue weighted by Gasteiger charge is -2.06. The number of rotatable bonds is 8. The van der Waals surface area contributed by atoms with Crippen LogP contribution < -0.4 is 5.32 Å². The molecule has 1 amide bonds. The molecule has 3 aromatic rings. The largest absolute Gasteiger partial charge is 0.465 e. The van der Waals surface area contributed by atoms with Crippen molar-refractivity contribution in [2.75, 3.05) is 12.9 Å². The maximum Gasteiger partial charge on any atom is 0.337 e. The Labute approximate surface area is 171 Å². The second-order valence-corrected chi connectivity index (χ2v) is 7.94. The molecule has 2 heterocycles. The van der Waals surface area contributed by atoms with E-state index < -0.39 is 0 Å². The maximum atomic E-state index is 12.1. The molecule has 0 radical (unpaired) electrons. The molecule has 0 aliphatic rings. The maximum absolute atomic E-state index is 12.1. The highest BCUT2D eigenvalue weighted by atomic mass is 32.2. The van der Waals surface area contributed by atoms with Crippen LogP contribution in [0.3, 0.4) is 0 Å². The number of aromatic nitrogens is 3. The van der Waals surface area contributed by atoms with E-state index in [9.17, 15) is 9.59 Å². The number of thioether (sulfide) groups is 1. The van der Waals surface area contributed by atoms with Crippen LogP contribution in [0, 0.1) is 0 Å². The Morgan fingerprint density at radius 1 is 1.21 bits per heavy atom. The van der Waals surface area contributed by atoms with Crippen LogP contribution >= 0.6 is 23.1 Å². The number of nitrogens with zero attached hydrogens (tertiary/aromatic N) is 3. The van der Waals surface area contributed by atoms with Crippen molar-refractivity contribution in [3.63, 3.8) is 0 Å². The van der Waals surface area contributed by atoms with Crippen LogP contribution in [0.25, 0.3) is 0 Å². The number of nitrogens with one attached hydrogen (secondary N) is 1. The van der Waals surface area contributed by atoms with Gasteiger partial charge in [0.25, 0.3) is 0 Å². The van der Waals surface area contributed by atoms with Crippen LogP contribution in [0.5, 0.6) is 0 Å². The predicted molar refractivity (Wildman–Crippen MR) is 108 cm³/mol. The number of amides is 1. The fraction of sp³-hybridized carbons (Fsp3) is 0.263. The molecule has 2 aromatic heterocycles. The number of benzene rings is 1. The van der Waals surface area contributed by atoms with E-state index in [2.05, 4.69) is 26.3 Å². The smallest absolute Gasteiger partial charge is 0.337 e. The van der Waals surface area contributed by atoms with Gasteiger partial charge in [-0.1, -0.05) is 30.0 Å². The number of carbonyl (C=O) groups excluding carboxylic acids is 2. The molecule has 7 nitrogen and oxygen atoms in total. The van der Waals surface area contributed by atoms with Crippen molar-refractivity contribution in [1.29, 1.82) is 0 Å². The van der Waals surface area contributed by atoms with Gasteiger partial charge < -0.3 is 14.6 Å². The number of hydrogen-bond acceptors (Lipinski definition) is 7. The first-order valence-corrected chi connectivity index (χ1v) is 10.4. The Morgan fingerprint density at radius 3 is 2.68 bits per heavy atom. The Morgan fingerprint density at radius 2 is 2.00 bits per heavy atom. The molecule has 0 atom stereocenters. The standard InChI is InChI=1S/C19H20N4O3S2/c1-23-16(10-15-4-3-9-27-15)21-22-19(23)28-12-17(24)20-11-13-5-7-14(8-6-13)18(25)26-2/h3-9H,10-12H2,1-2H3,(H,20,24). The zero-order valence-electron chi connectivity index (χ0n) is 15.5. The molecule has 28 heavy (non-hydrogen) atoms. The summed E-state index contributed by atoms with van der Waals surface area (Å²) in [6.45, 7) is 0.392. The van der Waals surface area contributed by atoms with E-state index in [-0.39, 0.29) is 17.6 Å². The van der Waals surface area contributed by atoms with Crippen molar-refractivity contribution < 1.29 is 14.3 Å². The zero-order valence-corrected chi connectivity index (χ0v) is 17.2. The van der Waals surface area contributed by atoms with Crippen LogP contribution in [0.1, 0.15) is 26.6 Å². The van der Waals surface area contributed by atoms with Crippen molar-refractivity contribution >= 4 is 35.0 Å². The SMILES string of the molecule is COC(=O)c1ccc(CNC(=O)CSc2nnc(Cc3cccs3)n2C)cc1. The molecule has 0 aliphatic carbocycles. The van der Waals surface area contributed by atoms with Crippen LogP contribution in [0.4, 0.5) is 0 Å². The van der Waals surface area contributed by atoms with Crippen molar-refractivity contribution in [3.05, 3.63) is 63.6 Å². The Balaban J connectivity index is 1.47. The molecule has 146 valence electrons. The fourth-order valence-corrected chi connectivity index (χ4v) is 3.91. The molecule has 9 heteroatoms. The van der Waals surface area contributed by atoms with Gasteiger partial charge in [0.2, 0.25) is 5.91 Å². The second-order valence-electron chi connectivity index (χ2n) is 5.97. The first kappa shape index (κ1) is 20.1. The monoisotopic (exact) mass is 416 g/mol. The molecule has 0 unspecified atom stereocenters. The Hall–Kier alpha value is -2.65. The third-order valence-electron chi connectivity index (χ3n) is 4.03. The summed E-state index contributed by atoms with van der Waals surface area (Å²) < 4.78 is 6.58. The average molecular weight is 417 g/mol. The van der Waals surface area contributed by atoms with E-state index in [1.54, 1.807) is 35.6 Å². The number of thiophene rings is 1. The molecule has 0 spiro atoms. The number of ether oxygens (including phenoxy) is 1. The summed E-state index contributed by atoms with van der Waals surface area (Å²) in [6, 6.07) is 11.0. The van der Waals surface area contributed by atoms with Crippen molar-refractivity contribution in [2.45, 2.75) is 18.1 Å². The summed E-state index contributed by atoms with van der Waals surface area (Å²) >= 11 is 3.04. The van der Waals surface area contributed by atoms with Gasteiger partial charge in [0.15, 0.2) is 5.16 Å². The van der Waals surface area contributed by atoms with E-state index in [4.69, 9.17) is 0 Å². The highest BCUT2D eigenvalue weighted by Crippen LogP contribution is 2.19. The third kappa shape index (κ3) is 5.20. The molecule has 3 rings (SSSR count). The van der Waals surface area contributed by atoms with Crippen LogP contribution in [0.15, 0.2) is 46.9 Å². The predicted octanol–water partition coefficient (Wildman–Crippen LogP) is 2.66. The van der Waals surface area contributed by atoms with Gasteiger partial charge in [-0.2, -0.15) is 0 Å². The Kier molecular flexibility index (Phi) is 6.83. The van der Waals surface area contributed by atoms with Crippen LogP contribution in [-0.2, 0) is 29.5 Å². The zero-order chi connectivity index (χ0) is 19.9. The number of methoxy groups -OCH3 is 1. The van der Waals surface area contributed by atoms with Crippen molar-refractivity contribution in [3.8, 4) is 0 Å². The number of hydrogen-bond donors (Lipinski definition) is 1. The molecule has 0 aliphatic heterocycles. The minimum Gasteiger partial charge on any atom is -0.465 e.